The molecule has 2 rings (SSSR count). The molecular weight excluding hydrogens is 228 g/mol. The highest BCUT2D eigenvalue weighted by atomic mass is 16.5. The van der Waals surface area contributed by atoms with E-state index in [0.29, 0.717) is 0 Å². The Morgan fingerprint density at radius 1 is 1.17 bits per heavy atom. The van der Waals surface area contributed by atoms with E-state index in [0.717, 1.165) is 30.8 Å². The fourth-order valence-corrected chi connectivity index (χ4v) is 1.81. The minimum Gasteiger partial charge on any atom is -0.497 e. The molecule has 1 aromatic carbocycles. The minimum atomic E-state index is -0.242. The van der Waals surface area contributed by atoms with Crippen LogP contribution in [0, 0.1) is 0 Å². The predicted octanol–water partition coefficient (Wildman–Crippen LogP) is 1.87. The maximum Gasteiger partial charge on any atom is 0.241 e. The molecular formula is C14H22N2O2. The van der Waals surface area contributed by atoms with Gasteiger partial charge in [-0.25, -0.2) is 0 Å². The van der Waals surface area contributed by atoms with Gasteiger partial charge in [0.05, 0.1) is 7.11 Å². The highest BCUT2D eigenvalue weighted by molar-refractivity contribution is 5.83. The molecule has 1 fully saturated rings. The van der Waals surface area contributed by atoms with Crippen LogP contribution < -0.4 is 15.4 Å². The number of hydrogen-bond acceptors (Lipinski definition) is 3. The third-order valence-corrected chi connectivity index (χ3v) is 2.71. The van der Waals surface area contributed by atoms with Crippen molar-refractivity contribution in [2.24, 2.45) is 0 Å². The lowest BCUT2D eigenvalue weighted by atomic mass is 10.1. The van der Waals surface area contributed by atoms with Crippen molar-refractivity contribution < 1.29 is 9.53 Å². The molecule has 1 aliphatic rings. The zero-order valence-electron chi connectivity index (χ0n) is 11.3. The lowest BCUT2D eigenvalue weighted by molar-refractivity contribution is -0.122. The Balaban J connectivity index is 0.000000771. The van der Waals surface area contributed by atoms with E-state index in [4.69, 9.17) is 4.74 Å². The fraction of sp³-hybridized carbons (Fsp3) is 0.500. The van der Waals surface area contributed by atoms with Gasteiger partial charge in [-0.3, -0.25) is 4.79 Å². The van der Waals surface area contributed by atoms with Crippen molar-refractivity contribution in [3.63, 3.8) is 0 Å². The highest BCUT2D eigenvalue weighted by Crippen LogP contribution is 2.18. The van der Waals surface area contributed by atoms with Gasteiger partial charge in [-0.05, 0) is 30.7 Å². The highest BCUT2D eigenvalue weighted by Gasteiger charge is 2.21. The first kappa shape index (κ1) is 14.5. The average Bonchev–Trinajstić information content (AvgIpc) is 2.66. The lowest BCUT2D eigenvalue weighted by Crippen LogP contribution is -2.33. The Labute approximate surface area is 109 Å². The monoisotopic (exact) mass is 250 g/mol. The molecule has 4 heteroatoms. The summed E-state index contributed by atoms with van der Waals surface area (Å²) >= 11 is 0. The van der Waals surface area contributed by atoms with Crippen LogP contribution in [0.25, 0.3) is 0 Å². The molecule has 18 heavy (non-hydrogen) atoms. The Bertz CT molecular complexity index is 363. The van der Waals surface area contributed by atoms with Gasteiger partial charge in [-0.1, -0.05) is 26.0 Å². The number of nitrogens with one attached hydrogen (secondary N) is 2. The smallest absolute Gasteiger partial charge is 0.241 e. The maximum absolute atomic E-state index is 11.8. The minimum absolute atomic E-state index is 0.0441. The van der Waals surface area contributed by atoms with Crippen molar-refractivity contribution in [2.75, 3.05) is 20.2 Å². The van der Waals surface area contributed by atoms with Gasteiger partial charge >= 0.3 is 0 Å². The molecule has 1 aliphatic heterocycles. The first-order valence-electron chi connectivity index (χ1n) is 6.46. The molecule has 0 spiro atoms. The Morgan fingerprint density at radius 3 is 2.44 bits per heavy atom. The normalized spacial score (nSPS) is 19.1. The molecule has 2 N–H and O–H groups in total. The van der Waals surface area contributed by atoms with E-state index in [1.807, 2.05) is 38.1 Å². The van der Waals surface area contributed by atoms with Crippen LogP contribution in [-0.4, -0.2) is 26.1 Å². The molecule has 1 unspecified atom stereocenters. The standard InChI is InChI=1S/C12H16N2O2.C2H6/c1-16-10-5-3-9(4-6-10)11-12(15)14-8-2-7-13-11;1-2/h3-6,11,13H,2,7-8H2,1H3,(H,14,15);1-2H3. The third-order valence-electron chi connectivity index (χ3n) is 2.71. The van der Waals surface area contributed by atoms with Gasteiger partial charge in [-0.2, -0.15) is 0 Å². The van der Waals surface area contributed by atoms with Crippen molar-refractivity contribution in [3.8, 4) is 5.75 Å². The first-order chi connectivity index (χ1) is 8.81. The quantitative estimate of drug-likeness (QED) is 0.842. The Hall–Kier alpha value is -1.55. The van der Waals surface area contributed by atoms with Crippen molar-refractivity contribution in [2.45, 2.75) is 26.3 Å². The van der Waals surface area contributed by atoms with Crippen LogP contribution in [0.4, 0.5) is 0 Å². The second kappa shape index (κ2) is 7.71. The average molecular weight is 250 g/mol. The predicted molar refractivity (Wildman–Crippen MR) is 72.7 cm³/mol. The van der Waals surface area contributed by atoms with Crippen LogP contribution in [0.5, 0.6) is 5.75 Å². The van der Waals surface area contributed by atoms with E-state index in [9.17, 15) is 4.79 Å². The number of hydrogen-bond donors (Lipinski definition) is 2. The molecule has 0 radical (unpaired) electrons. The molecule has 4 nitrogen and oxygen atoms in total. The summed E-state index contributed by atoms with van der Waals surface area (Å²) in [6, 6.07) is 7.33. The molecule has 0 aromatic heterocycles. The van der Waals surface area contributed by atoms with Gasteiger partial charge in [-0.15, -0.1) is 0 Å². The first-order valence-corrected chi connectivity index (χ1v) is 6.46. The number of methoxy groups -OCH3 is 1. The van der Waals surface area contributed by atoms with Crippen molar-refractivity contribution >= 4 is 5.91 Å². The Kier molecular flexibility index (Phi) is 6.22. The summed E-state index contributed by atoms with van der Waals surface area (Å²) in [5, 5.41) is 6.12. The molecule has 1 aromatic rings. The van der Waals surface area contributed by atoms with Crippen molar-refractivity contribution in [1.29, 1.82) is 0 Å². The number of benzene rings is 1. The van der Waals surface area contributed by atoms with Gasteiger partial charge in [0.2, 0.25) is 5.91 Å². The van der Waals surface area contributed by atoms with Crippen LogP contribution in [0.1, 0.15) is 31.9 Å². The summed E-state index contributed by atoms with van der Waals surface area (Å²) < 4.78 is 5.09. The summed E-state index contributed by atoms with van der Waals surface area (Å²) in [4.78, 5) is 11.8. The van der Waals surface area contributed by atoms with E-state index in [-0.39, 0.29) is 11.9 Å². The van der Waals surface area contributed by atoms with Crippen molar-refractivity contribution in [3.05, 3.63) is 29.8 Å². The summed E-state index contributed by atoms with van der Waals surface area (Å²) in [7, 11) is 1.63. The van der Waals surface area contributed by atoms with Gasteiger partial charge in [0.25, 0.3) is 0 Å². The van der Waals surface area contributed by atoms with E-state index in [2.05, 4.69) is 10.6 Å². The van der Waals surface area contributed by atoms with E-state index < -0.39 is 0 Å². The van der Waals surface area contributed by atoms with Crippen LogP contribution >= 0.6 is 0 Å². The molecule has 0 saturated carbocycles. The number of ether oxygens (including phenoxy) is 1. The summed E-state index contributed by atoms with van der Waals surface area (Å²) in [5.41, 5.74) is 0.972. The van der Waals surface area contributed by atoms with Crippen LogP contribution in [-0.2, 0) is 4.79 Å². The molecule has 0 bridgehead atoms. The van der Waals surface area contributed by atoms with Crippen molar-refractivity contribution in [1.82, 2.24) is 10.6 Å². The van der Waals surface area contributed by atoms with Crippen LogP contribution in [0.2, 0.25) is 0 Å². The lowest BCUT2D eigenvalue weighted by Gasteiger charge is -2.15. The van der Waals surface area contributed by atoms with E-state index in [1.54, 1.807) is 7.11 Å². The fourth-order valence-electron chi connectivity index (χ4n) is 1.81. The number of carbonyl (C=O) groups is 1. The van der Waals surface area contributed by atoms with E-state index in [1.165, 1.54) is 0 Å². The number of carbonyl (C=O) groups excluding carboxylic acids is 1. The zero-order chi connectivity index (χ0) is 13.4. The summed E-state index contributed by atoms with van der Waals surface area (Å²) in [6.07, 6.45) is 0.971. The van der Waals surface area contributed by atoms with Gasteiger partial charge in [0.15, 0.2) is 0 Å². The third kappa shape index (κ3) is 3.74. The topological polar surface area (TPSA) is 50.4 Å². The molecule has 1 saturated heterocycles. The zero-order valence-corrected chi connectivity index (χ0v) is 11.3. The van der Waals surface area contributed by atoms with Gasteiger partial charge in [0.1, 0.15) is 11.8 Å². The largest absolute Gasteiger partial charge is 0.497 e. The Morgan fingerprint density at radius 2 is 1.83 bits per heavy atom. The molecule has 100 valence electrons. The van der Waals surface area contributed by atoms with Crippen LogP contribution in [0.3, 0.4) is 0 Å². The number of rotatable bonds is 2. The van der Waals surface area contributed by atoms with Gasteiger partial charge in [0, 0.05) is 6.54 Å². The second-order valence-electron chi connectivity index (χ2n) is 3.80. The SMILES string of the molecule is CC.COc1ccc(C2NCCCNC2=O)cc1. The second-order valence-corrected chi connectivity index (χ2v) is 3.80. The van der Waals surface area contributed by atoms with Gasteiger partial charge < -0.3 is 15.4 Å². The van der Waals surface area contributed by atoms with E-state index >= 15 is 0 Å². The number of amides is 1. The summed E-state index contributed by atoms with van der Waals surface area (Å²) in [6.45, 7) is 5.61. The van der Waals surface area contributed by atoms with Crippen LogP contribution in [0.15, 0.2) is 24.3 Å². The molecule has 0 aliphatic carbocycles. The molecule has 1 heterocycles. The maximum atomic E-state index is 11.8. The molecule has 1 atom stereocenters. The molecule has 1 amide bonds. The summed E-state index contributed by atoms with van der Waals surface area (Å²) in [5.74, 6) is 0.848.